The summed E-state index contributed by atoms with van der Waals surface area (Å²) in [5, 5.41) is 18.6. The topological polar surface area (TPSA) is 63.1 Å². The molecule has 2 aromatic carbocycles. The van der Waals surface area contributed by atoms with Crippen molar-refractivity contribution in [3.05, 3.63) is 59.4 Å². The Morgan fingerprint density at radius 2 is 1.85 bits per heavy atom. The number of halogens is 1. The van der Waals surface area contributed by atoms with Crippen LogP contribution in [0.4, 0.5) is 0 Å². The van der Waals surface area contributed by atoms with Gasteiger partial charge in [-0.25, -0.2) is 4.79 Å². The Morgan fingerprint density at radius 3 is 2.60 bits per heavy atom. The maximum absolute atomic E-state index is 11.3. The molecule has 20 heavy (non-hydrogen) atoms. The van der Waals surface area contributed by atoms with Crippen LogP contribution in [-0.2, 0) is 0 Å². The zero-order chi connectivity index (χ0) is 14.1. The Morgan fingerprint density at radius 1 is 1.10 bits per heavy atom. The number of carbonyl (C=O) groups is 1. The SMILES string of the molecule is O=C(O)c1c(-c2ccc3ccccc3c2)cnnc1Cl. The Bertz CT molecular complexity index is 818. The molecule has 3 rings (SSSR count). The van der Waals surface area contributed by atoms with E-state index in [0.29, 0.717) is 5.56 Å². The van der Waals surface area contributed by atoms with Crippen molar-refractivity contribution in [2.24, 2.45) is 0 Å². The minimum atomic E-state index is -1.12. The van der Waals surface area contributed by atoms with Gasteiger partial charge in [0.1, 0.15) is 5.56 Å². The Balaban J connectivity index is 2.25. The van der Waals surface area contributed by atoms with E-state index in [2.05, 4.69) is 10.2 Å². The van der Waals surface area contributed by atoms with Gasteiger partial charge in [0.15, 0.2) is 5.15 Å². The van der Waals surface area contributed by atoms with E-state index in [0.717, 1.165) is 16.3 Å². The minimum absolute atomic E-state index is 0.0306. The van der Waals surface area contributed by atoms with E-state index in [1.54, 1.807) is 0 Å². The summed E-state index contributed by atoms with van der Waals surface area (Å²) in [7, 11) is 0. The summed E-state index contributed by atoms with van der Waals surface area (Å²) in [4.78, 5) is 11.3. The molecule has 0 aliphatic rings. The number of aromatic nitrogens is 2. The van der Waals surface area contributed by atoms with Gasteiger partial charge in [-0.15, -0.1) is 5.10 Å². The monoisotopic (exact) mass is 284 g/mol. The van der Waals surface area contributed by atoms with Crippen molar-refractivity contribution in [2.45, 2.75) is 0 Å². The molecule has 1 N–H and O–H groups in total. The van der Waals surface area contributed by atoms with Crippen LogP contribution in [0.15, 0.2) is 48.7 Å². The molecule has 0 aliphatic heterocycles. The molecule has 0 saturated heterocycles. The predicted molar refractivity (Wildman–Crippen MR) is 76.9 cm³/mol. The van der Waals surface area contributed by atoms with E-state index in [1.807, 2.05) is 42.5 Å². The fourth-order valence-corrected chi connectivity index (χ4v) is 2.37. The summed E-state index contributed by atoms with van der Waals surface area (Å²) < 4.78 is 0. The molecule has 1 aromatic heterocycles. The van der Waals surface area contributed by atoms with Gasteiger partial charge in [0.25, 0.3) is 0 Å². The fourth-order valence-electron chi connectivity index (χ4n) is 2.14. The molecule has 0 atom stereocenters. The first-order valence-corrected chi connectivity index (χ1v) is 6.28. The first kappa shape index (κ1) is 12.6. The fraction of sp³-hybridized carbons (Fsp3) is 0. The molecule has 0 spiro atoms. The van der Waals surface area contributed by atoms with Crippen molar-refractivity contribution in [1.82, 2.24) is 10.2 Å². The third-order valence-corrected chi connectivity index (χ3v) is 3.35. The molecule has 0 bridgehead atoms. The van der Waals surface area contributed by atoms with Crippen LogP contribution in [-0.4, -0.2) is 21.3 Å². The molecular weight excluding hydrogens is 276 g/mol. The van der Waals surface area contributed by atoms with E-state index in [-0.39, 0.29) is 10.7 Å². The average molecular weight is 285 g/mol. The van der Waals surface area contributed by atoms with Gasteiger partial charge >= 0.3 is 5.97 Å². The van der Waals surface area contributed by atoms with Crippen molar-refractivity contribution >= 4 is 28.3 Å². The van der Waals surface area contributed by atoms with Gasteiger partial charge in [0, 0.05) is 5.56 Å². The standard InChI is InChI=1S/C15H9ClN2O2/c16-14-13(15(19)20)12(8-17-18-14)11-6-5-9-3-1-2-4-10(9)7-11/h1-8H,(H,19,20). The highest BCUT2D eigenvalue weighted by molar-refractivity contribution is 6.33. The second kappa shape index (κ2) is 4.90. The van der Waals surface area contributed by atoms with Crippen molar-refractivity contribution < 1.29 is 9.90 Å². The molecule has 0 aliphatic carbocycles. The van der Waals surface area contributed by atoms with Gasteiger partial charge in [-0.2, -0.15) is 5.10 Å². The summed E-state index contributed by atoms with van der Waals surface area (Å²) >= 11 is 5.84. The van der Waals surface area contributed by atoms with Gasteiger partial charge in [0.05, 0.1) is 6.20 Å². The highest BCUT2D eigenvalue weighted by atomic mass is 35.5. The summed E-state index contributed by atoms with van der Waals surface area (Å²) in [6.45, 7) is 0. The van der Waals surface area contributed by atoms with Crippen LogP contribution in [0.2, 0.25) is 5.15 Å². The van der Waals surface area contributed by atoms with Gasteiger partial charge in [-0.1, -0.05) is 48.0 Å². The largest absolute Gasteiger partial charge is 0.478 e. The highest BCUT2D eigenvalue weighted by Crippen LogP contribution is 2.29. The van der Waals surface area contributed by atoms with Crippen molar-refractivity contribution in [3.8, 4) is 11.1 Å². The Kier molecular flexibility index (Phi) is 3.08. The van der Waals surface area contributed by atoms with Crippen molar-refractivity contribution in [2.75, 3.05) is 0 Å². The average Bonchev–Trinajstić information content (AvgIpc) is 2.46. The third kappa shape index (κ3) is 2.10. The normalized spacial score (nSPS) is 10.7. The van der Waals surface area contributed by atoms with Gasteiger partial charge in [-0.05, 0) is 22.4 Å². The van der Waals surface area contributed by atoms with Crippen LogP contribution < -0.4 is 0 Å². The summed E-state index contributed by atoms with van der Waals surface area (Å²) in [5.41, 5.74) is 1.18. The first-order valence-electron chi connectivity index (χ1n) is 5.90. The number of carboxylic acid groups (broad SMARTS) is 1. The third-order valence-electron chi connectivity index (χ3n) is 3.08. The number of rotatable bonds is 2. The molecule has 0 amide bonds. The molecular formula is C15H9ClN2O2. The molecule has 3 aromatic rings. The minimum Gasteiger partial charge on any atom is -0.478 e. The van der Waals surface area contributed by atoms with E-state index >= 15 is 0 Å². The lowest BCUT2D eigenvalue weighted by atomic mass is 10.00. The second-order valence-corrected chi connectivity index (χ2v) is 4.65. The molecule has 5 heteroatoms. The van der Waals surface area contributed by atoms with E-state index < -0.39 is 5.97 Å². The quantitative estimate of drug-likeness (QED) is 0.780. The summed E-state index contributed by atoms with van der Waals surface area (Å²) in [6, 6.07) is 13.5. The van der Waals surface area contributed by atoms with Crippen LogP contribution >= 0.6 is 11.6 Å². The number of benzene rings is 2. The van der Waals surface area contributed by atoms with Crippen LogP contribution in [0, 0.1) is 0 Å². The van der Waals surface area contributed by atoms with Crippen LogP contribution in [0.3, 0.4) is 0 Å². The lowest BCUT2D eigenvalue weighted by molar-refractivity contribution is 0.0697. The van der Waals surface area contributed by atoms with E-state index in [4.69, 9.17) is 11.6 Å². The number of hydrogen-bond donors (Lipinski definition) is 1. The summed E-state index contributed by atoms with van der Waals surface area (Å²) in [6.07, 6.45) is 1.42. The van der Waals surface area contributed by atoms with Gasteiger partial charge in [0.2, 0.25) is 0 Å². The van der Waals surface area contributed by atoms with Gasteiger partial charge < -0.3 is 5.11 Å². The molecule has 0 unspecified atom stereocenters. The maximum Gasteiger partial charge on any atom is 0.339 e. The maximum atomic E-state index is 11.3. The van der Waals surface area contributed by atoms with Crippen LogP contribution in [0.1, 0.15) is 10.4 Å². The van der Waals surface area contributed by atoms with Crippen LogP contribution in [0.5, 0.6) is 0 Å². The van der Waals surface area contributed by atoms with E-state index in [9.17, 15) is 9.90 Å². The lowest BCUT2D eigenvalue weighted by Gasteiger charge is -2.07. The predicted octanol–water partition coefficient (Wildman–Crippen LogP) is 3.65. The second-order valence-electron chi connectivity index (χ2n) is 4.29. The number of fused-ring (bicyclic) bond motifs is 1. The van der Waals surface area contributed by atoms with Crippen molar-refractivity contribution in [3.63, 3.8) is 0 Å². The molecule has 0 radical (unpaired) electrons. The smallest absolute Gasteiger partial charge is 0.339 e. The first-order chi connectivity index (χ1) is 9.66. The molecule has 4 nitrogen and oxygen atoms in total. The number of carboxylic acids is 1. The zero-order valence-corrected chi connectivity index (χ0v) is 11.0. The summed E-state index contributed by atoms with van der Waals surface area (Å²) in [5.74, 6) is -1.12. The number of aromatic carboxylic acids is 1. The Hall–Kier alpha value is -2.46. The Labute approximate surface area is 119 Å². The van der Waals surface area contributed by atoms with Crippen LogP contribution in [0.25, 0.3) is 21.9 Å². The van der Waals surface area contributed by atoms with E-state index in [1.165, 1.54) is 6.20 Å². The van der Waals surface area contributed by atoms with Gasteiger partial charge in [-0.3, -0.25) is 0 Å². The highest BCUT2D eigenvalue weighted by Gasteiger charge is 2.17. The zero-order valence-electron chi connectivity index (χ0n) is 10.2. The molecule has 0 fully saturated rings. The lowest BCUT2D eigenvalue weighted by Crippen LogP contribution is -2.03. The molecule has 1 heterocycles. The molecule has 0 saturated carbocycles. The number of nitrogens with zero attached hydrogens (tertiary/aromatic N) is 2. The molecule has 98 valence electrons. The van der Waals surface area contributed by atoms with Crippen molar-refractivity contribution in [1.29, 1.82) is 0 Å². The number of hydrogen-bond acceptors (Lipinski definition) is 3.